The van der Waals surface area contributed by atoms with E-state index < -0.39 is 0 Å². The van der Waals surface area contributed by atoms with Crippen molar-refractivity contribution in [1.29, 1.82) is 0 Å². The summed E-state index contributed by atoms with van der Waals surface area (Å²) < 4.78 is 5.83. The summed E-state index contributed by atoms with van der Waals surface area (Å²) in [6.07, 6.45) is 3.02. The Hall–Kier alpha value is -1.19. The molecule has 1 N–H and O–H groups in total. The Morgan fingerprint density at radius 2 is 1.89 bits per heavy atom. The van der Waals surface area contributed by atoms with E-state index >= 15 is 0 Å². The quantitative estimate of drug-likeness (QED) is 0.827. The molecule has 1 aromatic heterocycles. The van der Waals surface area contributed by atoms with Gasteiger partial charge in [-0.25, -0.2) is 0 Å². The van der Waals surface area contributed by atoms with Gasteiger partial charge < -0.3 is 9.73 Å². The van der Waals surface area contributed by atoms with Gasteiger partial charge in [-0.2, -0.15) is 0 Å². The van der Waals surface area contributed by atoms with Crippen LogP contribution in [0.15, 0.2) is 45.7 Å². The Bertz CT molecular complexity index is 489. The first-order valence-electron chi connectivity index (χ1n) is 6.18. The largest absolute Gasteiger partial charge is 0.464 e. The summed E-state index contributed by atoms with van der Waals surface area (Å²) >= 11 is 1.76. The molecule has 1 atom stereocenters. The van der Waals surface area contributed by atoms with Crippen molar-refractivity contribution >= 4 is 11.8 Å². The zero-order valence-electron chi connectivity index (χ0n) is 11.1. The third-order valence-corrected chi connectivity index (χ3v) is 3.80. The lowest BCUT2D eigenvalue weighted by molar-refractivity contribution is 0.434. The van der Waals surface area contributed by atoms with Crippen molar-refractivity contribution in [3.8, 4) is 0 Å². The highest BCUT2D eigenvalue weighted by Gasteiger charge is 2.15. The van der Waals surface area contributed by atoms with Crippen LogP contribution >= 0.6 is 11.8 Å². The monoisotopic (exact) mass is 261 g/mol. The molecule has 96 valence electrons. The summed E-state index contributed by atoms with van der Waals surface area (Å²) in [4.78, 5) is 1.28. The zero-order chi connectivity index (χ0) is 13.0. The molecule has 0 spiro atoms. The number of furan rings is 1. The maximum Gasteiger partial charge on any atom is 0.125 e. The van der Waals surface area contributed by atoms with Crippen molar-refractivity contribution in [2.45, 2.75) is 24.3 Å². The molecule has 0 aliphatic carbocycles. The molecular formula is C15H19NOS. The normalized spacial score (nSPS) is 12.6. The van der Waals surface area contributed by atoms with Gasteiger partial charge in [-0.15, -0.1) is 11.8 Å². The van der Waals surface area contributed by atoms with Gasteiger partial charge in [0.25, 0.3) is 0 Å². The highest BCUT2D eigenvalue weighted by atomic mass is 32.2. The van der Waals surface area contributed by atoms with Crippen LogP contribution in [-0.4, -0.2) is 13.3 Å². The minimum atomic E-state index is 0.126. The SMILES string of the molecule is CCc1ccc(C(NC)c2ccc(SC)cc2)o1. The van der Waals surface area contributed by atoms with E-state index in [2.05, 4.69) is 54.9 Å². The topological polar surface area (TPSA) is 25.2 Å². The van der Waals surface area contributed by atoms with Crippen LogP contribution in [0.1, 0.15) is 30.0 Å². The number of thioether (sulfide) groups is 1. The number of rotatable bonds is 5. The van der Waals surface area contributed by atoms with Gasteiger partial charge in [0.15, 0.2) is 0 Å². The lowest BCUT2D eigenvalue weighted by atomic mass is 10.1. The first-order valence-corrected chi connectivity index (χ1v) is 7.40. The van der Waals surface area contributed by atoms with Crippen LogP contribution in [0, 0.1) is 0 Å². The van der Waals surface area contributed by atoms with E-state index in [1.165, 1.54) is 10.5 Å². The fraction of sp³-hybridized carbons (Fsp3) is 0.333. The predicted octanol–water partition coefficient (Wildman–Crippen LogP) is 3.87. The Morgan fingerprint density at radius 3 is 2.39 bits per heavy atom. The molecule has 0 amide bonds. The molecule has 0 radical (unpaired) electrons. The Balaban J connectivity index is 2.26. The zero-order valence-corrected chi connectivity index (χ0v) is 11.9. The molecule has 1 aromatic carbocycles. The van der Waals surface area contributed by atoms with Gasteiger partial charge in [-0.05, 0) is 43.1 Å². The fourth-order valence-corrected chi connectivity index (χ4v) is 2.42. The Kier molecular flexibility index (Phi) is 4.50. The number of benzene rings is 1. The first kappa shape index (κ1) is 13.2. The van der Waals surface area contributed by atoms with E-state index in [1.54, 1.807) is 11.8 Å². The maximum absolute atomic E-state index is 5.83. The van der Waals surface area contributed by atoms with Crippen molar-refractivity contribution in [3.05, 3.63) is 53.5 Å². The van der Waals surface area contributed by atoms with Gasteiger partial charge in [0, 0.05) is 11.3 Å². The minimum Gasteiger partial charge on any atom is -0.464 e. The van der Waals surface area contributed by atoms with Crippen LogP contribution < -0.4 is 5.32 Å². The average molecular weight is 261 g/mol. The molecule has 1 heterocycles. The van der Waals surface area contributed by atoms with Crippen molar-refractivity contribution in [2.24, 2.45) is 0 Å². The Morgan fingerprint density at radius 1 is 1.17 bits per heavy atom. The summed E-state index contributed by atoms with van der Waals surface area (Å²) in [5, 5.41) is 3.31. The number of hydrogen-bond donors (Lipinski definition) is 1. The van der Waals surface area contributed by atoms with E-state index in [0.29, 0.717) is 0 Å². The van der Waals surface area contributed by atoms with Gasteiger partial charge in [-0.1, -0.05) is 19.1 Å². The summed E-state index contributed by atoms with van der Waals surface area (Å²) in [7, 11) is 1.96. The van der Waals surface area contributed by atoms with E-state index in [-0.39, 0.29) is 6.04 Å². The van der Waals surface area contributed by atoms with Crippen LogP contribution in [0.4, 0.5) is 0 Å². The summed E-state index contributed by atoms with van der Waals surface area (Å²) in [6.45, 7) is 2.10. The lowest BCUT2D eigenvalue weighted by Crippen LogP contribution is -2.16. The number of nitrogens with one attached hydrogen (secondary N) is 1. The molecule has 0 saturated heterocycles. The van der Waals surface area contributed by atoms with Crippen molar-refractivity contribution in [3.63, 3.8) is 0 Å². The molecule has 0 fully saturated rings. The molecule has 0 aliphatic rings. The average Bonchev–Trinajstić information content (AvgIpc) is 2.89. The first-order chi connectivity index (χ1) is 8.78. The number of hydrogen-bond acceptors (Lipinski definition) is 3. The van der Waals surface area contributed by atoms with Crippen molar-refractivity contribution in [2.75, 3.05) is 13.3 Å². The smallest absolute Gasteiger partial charge is 0.125 e. The summed E-state index contributed by atoms with van der Waals surface area (Å²) in [5.41, 5.74) is 1.23. The molecule has 2 rings (SSSR count). The summed E-state index contributed by atoms with van der Waals surface area (Å²) in [5.74, 6) is 2.01. The predicted molar refractivity (Wildman–Crippen MR) is 77.2 cm³/mol. The van der Waals surface area contributed by atoms with Crippen LogP contribution in [0.2, 0.25) is 0 Å². The van der Waals surface area contributed by atoms with Crippen LogP contribution in [-0.2, 0) is 6.42 Å². The second kappa shape index (κ2) is 6.12. The van der Waals surface area contributed by atoms with Gasteiger partial charge in [0.2, 0.25) is 0 Å². The second-order valence-electron chi connectivity index (χ2n) is 4.15. The van der Waals surface area contributed by atoms with E-state index in [9.17, 15) is 0 Å². The minimum absolute atomic E-state index is 0.126. The third kappa shape index (κ3) is 2.79. The van der Waals surface area contributed by atoms with Crippen LogP contribution in [0.3, 0.4) is 0 Å². The second-order valence-corrected chi connectivity index (χ2v) is 5.03. The molecule has 1 unspecified atom stereocenters. The molecular weight excluding hydrogens is 242 g/mol. The molecule has 2 aromatic rings. The third-order valence-electron chi connectivity index (χ3n) is 3.05. The van der Waals surface area contributed by atoms with Crippen LogP contribution in [0.25, 0.3) is 0 Å². The molecule has 2 nitrogen and oxygen atoms in total. The van der Waals surface area contributed by atoms with Gasteiger partial charge in [-0.3, -0.25) is 0 Å². The summed E-state index contributed by atoms with van der Waals surface area (Å²) in [6, 6.07) is 12.8. The molecule has 0 saturated carbocycles. The van der Waals surface area contributed by atoms with E-state index in [1.807, 2.05) is 7.05 Å². The fourth-order valence-electron chi connectivity index (χ4n) is 2.01. The van der Waals surface area contributed by atoms with Crippen molar-refractivity contribution in [1.82, 2.24) is 5.32 Å². The van der Waals surface area contributed by atoms with E-state index in [4.69, 9.17) is 4.42 Å². The van der Waals surface area contributed by atoms with Gasteiger partial charge in [0.1, 0.15) is 11.5 Å². The van der Waals surface area contributed by atoms with Gasteiger partial charge >= 0.3 is 0 Å². The Labute approximate surface area is 113 Å². The number of aryl methyl sites for hydroxylation is 1. The molecule has 18 heavy (non-hydrogen) atoms. The van der Waals surface area contributed by atoms with Crippen LogP contribution in [0.5, 0.6) is 0 Å². The highest BCUT2D eigenvalue weighted by Crippen LogP contribution is 2.25. The highest BCUT2D eigenvalue weighted by molar-refractivity contribution is 7.98. The molecule has 3 heteroatoms. The molecule has 0 bridgehead atoms. The standard InChI is InChI=1S/C15H19NOS/c1-4-12-7-10-14(17-12)15(16-2)11-5-8-13(18-3)9-6-11/h5-10,15-16H,4H2,1-3H3. The van der Waals surface area contributed by atoms with Crippen molar-refractivity contribution < 1.29 is 4.42 Å². The maximum atomic E-state index is 5.83. The van der Waals surface area contributed by atoms with E-state index in [0.717, 1.165) is 17.9 Å². The molecule has 0 aliphatic heterocycles. The lowest BCUT2D eigenvalue weighted by Gasteiger charge is -2.14. The van der Waals surface area contributed by atoms with Gasteiger partial charge in [0.05, 0.1) is 6.04 Å².